The van der Waals surface area contributed by atoms with Gasteiger partial charge in [-0.25, -0.2) is 13.4 Å². The first-order valence-electron chi connectivity index (χ1n) is 5.80. The van der Waals surface area contributed by atoms with Gasteiger partial charge in [-0.2, -0.15) is 8.78 Å². The van der Waals surface area contributed by atoms with Crippen LogP contribution < -0.4 is 5.32 Å². The number of para-hydroxylation sites is 1. The zero-order chi connectivity index (χ0) is 14.8. The van der Waals surface area contributed by atoms with Crippen molar-refractivity contribution in [3.05, 3.63) is 42.5 Å². The summed E-state index contributed by atoms with van der Waals surface area (Å²) in [6, 6.07) is 5.21. The van der Waals surface area contributed by atoms with E-state index in [1.807, 2.05) is 0 Å². The van der Waals surface area contributed by atoms with Crippen molar-refractivity contribution in [3.63, 3.8) is 0 Å². The third-order valence-corrected chi connectivity index (χ3v) is 4.17. The van der Waals surface area contributed by atoms with Crippen LogP contribution in [0.1, 0.15) is 18.8 Å². The predicted octanol–water partition coefficient (Wildman–Crippen LogP) is 2.58. The van der Waals surface area contributed by atoms with E-state index in [0.29, 0.717) is 5.82 Å². The van der Waals surface area contributed by atoms with Gasteiger partial charge in [0, 0.05) is 12.4 Å². The standard InChI is InChI=1S/C12H13F2N3O2S/c1-8(11-15-6-7-16-11)17-9-4-2-3-5-10(9)20(18,19)12(13)14/h2-8,12,17H,1H3,(H,15,16). The molecule has 108 valence electrons. The van der Waals surface area contributed by atoms with Crippen molar-refractivity contribution >= 4 is 15.5 Å². The number of hydrogen-bond acceptors (Lipinski definition) is 4. The summed E-state index contributed by atoms with van der Waals surface area (Å²) in [5.41, 5.74) is 0.122. The summed E-state index contributed by atoms with van der Waals surface area (Å²) >= 11 is 0. The van der Waals surface area contributed by atoms with Gasteiger partial charge in [-0.3, -0.25) is 0 Å². The van der Waals surface area contributed by atoms with Gasteiger partial charge in [-0.1, -0.05) is 12.1 Å². The molecule has 0 aliphatic carbocycles. The molecule has 1 unspecified atom stereocenters. The quantitative estimate of drug-likeness (QED) is 0.890. The number of alkyl halides is 2. The van der Waals surface area contributed by atoms with Crippen molar-refractivity contribution in [2.75, 3.05) is 5.32 Å². The van der Waals surface area contributed by atoms with Gasteiger partial charge in [0.1, 0.15) is 5.82 Å². The predicted molar refractivity (Wildman–Crippen MR) is 70.3 cm³/mol. The number of benzene rings is 1. The Balaban J connectivity index is 2.34. The van der Waals surface area contributed by atoms with Gasteiger partial charge in [0.05, 0.1) is 16.6 Å². The number of aromatic amines is 1. The van der Waals surface area contributed by atoms with Crippen LogP contribution in [-0.2, 0) is 9.84 Å². The van der Waals surface area contributed by atoms with Gasteiger partial charge in [0.15, 0.2) is 0 Å². The molecule has 1 atom stereocenters. The van der Waals surface area contributed by atoms with Crippen LogP contribution in [0.15, 0.2) is 41.6 Å². The highest BCUT2D eigenvalue weighted by Gasteiger charge is 2.29. The zero-order valence-electron chi connectivity index (χ0n) is 10.5. The summed E-state index contributed by atoms with van der Waals surface area (Å²) in [6.07, 6.45) is 3.17. The van der Waals surface area contributed by atoms with Gasteiger partial charge in [-0.05, 0) is 19.1 Å². The first kappa shape index (κ1) is 14.4. The molecule has 1 aromatic carbocycles. The lowest BCUT2D eigenvalue weighted by atomic mass is 10.2. The molecular weight excluding hydrogens is 288 g/mol. The summed E-state index contributed by atoms with van der Waals surface area (Å²) in [6.45, 7) is 1.74. The number of H-pyrrole nitrogens is 1. The molecule has 0 saturated carbocycles. The van der Waals surface area contributed by atoms with Crippen LogP contribution in [0.2, 0.25) is 0 Å². The van der Waals surface area contributed by atoms with E-state index < -0.39 is 20.5 Å². The first-order valence-corrected chi connectivity index (χ1v) is 7.34. The van der Waals surface area contributed by atoms with E-state index in [9.17, 15) is 17.2 Å². The van der Waals surface area contributed by atoms with Crippen molar-refractivity contribution in [1.29, 1.82) is 0 Å². The maximum atomic E-state index is 12.7. The molecule has 0 radical (unpaired) electrons. The molecule has 2 aromatic rings. The fraction of sp³-hybridized carbons (Fsp3) is 0.250. The minimum Gasteiger partial charge on any atom is -0.374 e. The summed E-state index contributed by atoms with van der Waals surface area (Å²) in [5.74, 6) is -2.88. The van der Waals surface area contributed by atoms with Crippen LogP contribution in [0.25, 0.3) is 0 Å². The molecule has 0 saturated heterocycles. The molecular formula is C12H13F2N3O2S. The summed E-state index contributed by atoms with van der Waals surface area (Å²) < 4.78 is 48.5. The minimum atomic E-state index is -4.65. The molecule has 5 nitrogen and oxygen atoms in total. The van der Waals surface area contributed by atoms with Crippen LogP contribution >= 0.6 is 0 Å². The Hall–Kier alpha value is -1.96. The third-order valence-electron chi connectivity index (χ3n) is 2.73. The van der Waals surface area contributed by atoms with E-state index >= 15 is 0 Å². The van der Waals surface area contributed by atoms with Gasteiger partial charge in [-0.15, -0.1) is 0 Å². The maximum Gasteiger partial charge on any atom is 0.341 e. The average molecular weight is 301 g/mol. The lowest BCUT2D eigenvalue weighted by molar-refractivity contribution is 0.235. The number of anilines is 1. The van der Waals surface area contributed by atoms with Crippen LogP contribution in [0.5, 0.6) is 0 Å². The van der Waals surface area contributed by atoms with E-state index in [4.69, 9.17) is 0 Å². The first-order chi connectivity index (χ1) is 9.43. The molecule has 1 aromatic heterocycles. The number of imidazole rings is 1. The molecule has 0 spiro atoms. The third kappa shape index (κ3) is 2.79. The SMILES string of the molecule is CC(Nc1ccccc1S(=O)(=O)C(F)F)c1ncc[nH]1. The molecule has 8 heteroatoms. The smallest absolute Gasteiger partial charge is 0.341 e. The molecule has 20 heavy (non-hydrogen) atoms. The Labute approximate surface area is 115 Å². The summed E-state index contributed by atoms with van der Waals surface area (Å²) in [7, 11) is -4.65. The second kappa shape index (κ2) is 5.58. The zero-order valence-corrected chi connectivity index (χ0v) is 11.4. The van der Waals surface area contributed by atoms with E-state index in [1.165, 1.54) is 12.1 Å². The van der Waals surface area contributed by atoms with Crippen molar-refractivity contribution in [3.8, 4) is 0 Å². The molecule has 0 aliphatic rings. The second-order valence-corrected chi connectivity index (χ2v) is 6.03. The fourth-order valence-electron chi connectivity index (χ4n) is 1.75. The molecule has 1 heterocycles. The fourth-order valence-corrected chi connectivity index (χ4v) is 2.64. The number of nitrogens with zero attached hydrogens (tertiary/aromatic N) is 1. The molecule has 2 rings (SSSR count). The van der Waals surface area contributed by atoms with Gasteiger partial charge in [0.2, 0.25) is 9.84 Å². The largest absolute Gasteiger partial charge is 0.374 e. The summed E-state index contributed by atoms with van der Waals surface area (Å²) in [4.78, 5) is 6.47. The number of aromatic nitrogens is 2. The number of nitrogens with one attached hydrogen (secondary N) is 2. The van der Waals surface area contributed by atoms with Crippen molar-refractivity contribution in [2.24, 2.45) is 0 Å². The Morgan fingerprint density at radius 3 is 2.60 bits per heavy atom. The van der Waals surface area contributed by atoms with Crippen LogP contribution in [0.4, 0.5) is 14.5 Å². The molecule has 0 fully saturated rings. The van der Waals surface area contributed by atoms with E-state index in [0.717, 1.165) is 6.07 Å². The molecule has 0 amide bonds. The Morgan fingerprint density at radius 2 is 2.00 bits per heavy atom. The Morgan fingerprint density at radius 1 is 1.30 bits per heavy atom. The van der Waals surface area contributed by atoms with Crippen molar-refractivity contribution in [1.82, 2.24) is 9.97 Å². The number of hydrogen-bond donors (Lipinski definition) is 2. The van der Waals surface area contributed by atoms with Crippen LogP contribution in [0, 0.1) is 0 Å². The Kier molecular flexibility index (Phi) is 4.03. The number of rotatable bonds is 5. The average Bonchev–Trinajstić information content (AvgIpc) is 2.93. The Bertz CT molecular complexity index is 672. The van der Waals surface area contributed by atoms with Gasteiger partial charge in [0.25, 0.3) is 0 Å². The molecule has 2 N–H and O–H groups in total. The molecule has 0 bridgehead atoms. The van der Waals surface area contributed by atoms with Crippen molar-refractivity contribution < 1.29 is 17.2 Å². The van der Waals surface area contributed by atoms with E-state index in [-0.39, 0.29) is 11.7 Å². The van der Waals surface area contributed by atoms with Crippen molar-refractivity contribution in [2.45, 2.75) is 23.6 Å². The second-order valence-electron chi connectivity index (χ2n) is 4.14. The normalized spacial score (nSPS) is 13.4. The maximum absolute atomic E-state index is 12.7. The summed E-state index contributed by atoms with van der Waals surface area (Å²) in [5, 5.41) is 2.87. The van der Waals surface area contributed by atoms with Gasteiger partial charge >= 0.3 is 5.76 Å². The monoisotopic (exact) mass is 301 g/mol. The highest BCUT2D eigenvalue weighted by Crippen LogP contribution is 2.28. The van der Waals surface area contributed by atoms with Crippen LogP contribution in [0.3, 0.4) is 0 Å². The number of sulfone groups is 1. The lowest BCUT2D eigenvalue weighted by Crippen LogP contribution is -2.16. The lowest BCUT2D eigenvalue weighted by Gasteiger charge is -2.16. The van der Waals surface area contributed by atoms with E-state index in [2.05, 4.69) is 15.3 Å². The van der Waals surface area contributed by atoms with E-state index in [1.54, 1.807) is 25.4 Å². The minimum absolute atomic E-state index is 0.122. The number of halogens is 2. The van der Waals surface area contributed by atoms with Gasteiger partial charge < -0.3 is 10.3 Å². The highest BCUT2D eigenvalue weighted by atomic mass is 32.2. The topological polar surface area (TPSA) is 74.8 Å². The molecule has 0 aliphatic heterocycles. The van der Waals surface area contributed by atoms with Crippen LogP contribution in [-0.4, -0.2) is 24.1 Å². The highest BCUT2D eigenvalue weighted by molar-refractivity contribution is 7.91.